The Labute approximate surface area is 119 Å². The zero-order valence-corrected chi connectivity index (χ0v) is 12.7. The number of halogens is 1. The van der Waals surface area contributed by atoms with Gasteiger partial charge in [-0.3, -0.25) is 4.90 Å². The van der Waals surface area contributed by atoms with Crippen LogP contribution in [-0.2, 0) is 6.54 Å². The molecule has 1 N–H and O–H groups in total. The van der Waals surface area contributed by atoms with Gasteiger partial charge in [-0.05, 0) is 43.6 Å². The topological polar surface area (TPSA) is 15.3 Å². The minimum absolute atomic E-state index is 0.706. The molecule has 0 bridgehead atoms. The fourth-order valence-electron chi connectivity index (χ4n) is 2.68. The first-order valence-electron chi connectivity index (χ1n) is 6.99. The Morgan fingerprint density at radius 2 is 2.28 bits per heavy atom. The van der Waals surface area contributed by atoms with E-state index in [0.29, 0.717) is 6.04 Å². The first-order chi connectivity index (χ1) is 8.79. The van der Waals surface area contributed by atoms with Gasteiger partial charge in [0.05, 0.1) is 0 Å². The van der Waals surface area contributed by atoms with Gasteiger partial charge in [0.2, 0.25) is 0 Å². The minimum Gasteiger partial charge on any atom is -0.315 e. The number of benzene rings is 1. The summed E-state index contributed by atoms with van der Waals surface area (Å²) in [6.07, 6.45) is 4.06. The van der Waals surface area contributed by atoms with Crippen LogP contribution in [0.2, 0.25) is 0 Å². The second-order valence-corrected chi connectivity index (χ2v) is 5.97. The Hall–Kier alpha value is -0.380. The molecular weight excluding hydrogens is 288 g/mol. The van der Waals surface area contributed by atoms with Gasteiger partial charge in [-0.15, -0.1) is 0 Å². The van der Waals surface area contributed by atoms with E-state index in [1.54, 1.807) is 0 Å². The van der Waals surface area contributed by atoms with E-state index in [2.05, 4.69) is 57.3 Å². The highest BCUT2D eigenvalue weighted by Gasteiger charge is 2.21. The summed E-state index contributed by atoms with van der Waals surface area (Å²) in [6.45, 7) is 6.70. The van der Waals surface area contributed by atoms with Crippen LogP contribution in [0.15, 0.2) is 28.7 Å². The first kappa shape index (κ1) is 14.0. The van der Waals surface area contributed by atoms with Crippen LogP contribution in [0, 0.1) is 0 Å². The van der Waals surface area contributed by atoms with Crippen LogP contribution in [0.4, 0.5) is 0 Å². The molecule has 1 atom stereocenters. The maximum atomic E-state index is 3.55. The van der Waals surface area contributed by atoms with Crippen LogP contribution in [0.5, 0.6) is 0 Å². The van der Waals surface area contributed by atoms with Crippen molar-refractivity contribution in [3.05, 3.63) is 34.3 Å². The molecule has 100 valence electrons. The van der Waals surface area contributed by atoms with Crippen molar-refractivity contribution in [2.45, 2.75) is 38.8 Å². The van der Waals surface area contributed by atoms with Crippen molar-refractivity contribution in [2.75, 3.05) is 19.6 Å². The van der Waals surface area contributed by atoms with E-state index in [9.17, 15) is 0 Å². The fourth-order valence-corrected chi connectivity index (χ4v) is 3.13. The van der Waals surface area contributed by atoms with E-state index < -0.39 is 0 Å². The van der Waals surface area contributed by atoms with Gasteiger partial charge in [-0.2, -0.15) is 0 Å². The number of piperidine rings is 1. The zero-order chi connectivity index (χ0) is 12.8. The highest BCUT2D eigenvalue weighted by molar-refractivity contribution is 9.10. The van der Waals surface area contributed by atoms with Crippen molar-refractivity contribution < 1.29 is 0 Å². The third kappa shape index (κ3) is 4.08. The molecule has 0 amide bonds. The number of likely N-dealkylation sites (tertiary alicyclic amines) is 1. The smallest absolute Gasteiger partial charge is 0.0237 e. The molecule has 1 saturated heterocycles. The van der Waals surface area contributed by atoms with Crippen LogP contribution in [-0.4, -0.2) is 30.6 Å². The fraction of sp³-hybridized carbons (Fsp3) is 0.600. The summed E-state index contributed by atoms with van der Waals surface area (Å²) < 4.78 is 1.18. The molecule has 1 aliphatic rings. The van der Waals surface area contributed by atoms with E-state index in [0.717, 1.165) is 19.6 Å². The van der Waals surface area contributed by atoms with Crippen LogP contribution in [0.25, 0.3) is 0 Å². The summed E-state index contributed by atoms with van der Waals surface area (Å²) in [5, 5.41) is 3.49. The molecule has 3 heteroatoms. The summed E-state index contributed by atoms with van der Waals surface area (Å²) >= 11 is 3.55. The zero-order valence-electron chi connectivity index (χ0n) is 11.2. The molecule has 1 fully saturated rings. The summed E-state index contributed by atoms with van der Waals surface area (Å²) in [7, 11) is 0. The standard InChI is InChI=1S/C15H23BrN2/c1-2-17-11-15-8-3-4-9-18(15)12-13-6-5-7-14(16)10-13/h5-7,10,15,17H,2-4,8-9,11-12H2,1H3. The largest absolute Gasteiger partial charge is 0.315 e. The molecule has 0 spiro atoms. The lowest BCUT2D eigenvalue weighted by molar-refractivity contribution is 0.138. The maximum Gasteiger partial charge on any atom is 0.0237 e. The van der Waals surface area contributed by atoms with Gasteiger partial charge in [0.25, 0.3) is 0 Å². The molecule has 1 unspecified atom stereocenters. The average Bonchev–Trinajstić information content (AvgIpc) is 2.38. The number of hydrogen-bond donors (Lipinski definition) is 1. The molecule has 2 nitrogen and oxygen atoms in total. The Morgan fingerprint density at radius 1 is 1.39 bits per heavy atom. The van der Waals surface area contributed by atoms with Crippen LogP contribution < -0.4 is 5.32 Å². The van der Waals surface area contributed by atoms with Crippen molar-refractivity contribution in [3.63, 3.8) is 0 Å². The number of likely N-dealkylation sites (N-methyl/N-ethyl adjacent to an activating group) is 1. The van der Waals surface area contributed by atoms with Gasteiger partial charge in [0, 0.05) is 23.6 Å². The van der Waals surface area contributed by atoms with Gasteiger partial charge in [0.1, 0.15) is 0 Å². The van der Waals surface area contributed by atoms with Crippen LogP contribution in [0.3, 0.4) is 0 Å². The summed E-state index contributed by atoms with van der Waals surface area (Å²) in [5.74, 6) is 0. The quantitative estimate of drug-likeness (QED) is 0.896. The monoisotopic (exact) mass is 310 g/mol. The maximum absolute atomic E-state index is 3.55. The highest BCUT2D eigenvalue weighted by atomic mass is 79.9. The number of nitrogens with one attached hydrogen (secondary N) is 1. The van der Waals surface area contributed by atoms with Gasteiger partial charge in [0.15, 0.2) is 0 Å². The third-order valence-electron chi connectivity index (χ3n) is 3.65. The summed E-state index contributed by atoms with van der Waals surface area (Å²) in [6, 6.07) is 9.39. The number of rotatable bonds is 5. The normalized spacial score (nSPS) is 21.1. The molecule has 0 aromatic heterocycles. The molecule has 18 heavy (non-hydrogen) atoms. The lowest BCUT2D eigenvalue weighted by atomic mass is 10.0. The van der Waals surface area contributed by atoms with E-state index in [1.165, 1.54) is 35.8 Å². The van der Waals surface area contributed by atoms with Crippen molar-refractivity contribution in [2.24, 2.45) is 0 Å². The minimum atomic E-state index is 0.706. The second kappa shape index (κ2) is 7.27. The van der Waals surface area contributed by atoms with E-state index in [4.69, 9.17) is 0 Å². The van der Waals surface area contributed by atoms with Crippen molar-refractivity contribution >= 4 is 15.9 Å². The van der Waals surface area contributed by atoms with Crippen molar-refractivity contribution in [1.82, 2.24) is 10.2 Å². The molecule has 2 rings (SSSR count). The molecule has 1 aliphatic heterocycles. The Balaban J connectivity index is 1.96. The number of nitrogens with zero attached hydrogens (tertiary/aromatic N) is 1. The van der Waals surface area contributed by atoms with Gasteiger partial charge in [-0.25, -0.2) is 0 Å². The van der Waals surface area contributed by atoms with Gasteiger partial charge >= 0.3 is 0 Å². The van der Waals surface area contributed by atoms with Crippen LogP contribution in [0.1, 0.15) is 31.7 Å². The number of hydrogen-bond acceptors (Lipinski definition) is 2. The molecular formula is C15H23BrN2. The van der Waals surface area contributed by atoms with E-state index in [1.807, 2.05) is 0 Å². The predicted molar refractivity (Wildman–Crippen MR) is 80.7 cm³/mol. The molecule has 1 heterocycles. The molecule has 0 saturated carbocycles. The molecule has 0 radical (unpaired) electrons. The lowest BCUT2D eigenvalue weighted by Gasteiger charge is -2.36. The van der Waals surface area contributed by atoms with Crippen molar-refractivity contribution in [3.8, 4) is 0 Å². The molecule has 1 aromatic rings. The summed E-state index contributed by atoms with van der Waals surface area (Å²) in [4.78, 5) is 2.63. The second-order valence-electron chi connectivity index (χ2n) is 5.06. The third-order valence-corrected chi connectivity index (χ3v) is 4.15. The molecule has 1 aromatic carbocycles. The van der Waals surface area contributed by atoms with Crippen LogP contribution >= 0.6 is 15.9 Å². The SMILES string of the molecule is CCNCC1CCCCN1Cc1cccc(Br)c1. The Kier molecular flexibility index (Phi) is 5.67. The van der Waals surface area contributed by atoms with E-state index >= 15 is 0 Å². The van der Waals surface area contributed by atoms with Gasteiger partial charge < -0.3 is 5.32 Å². The molecule has 0 aliphatic carbocycles. The average molecular weight is 311 g/mol. The summed E-state index contributed by atoms with van der Waals surface area (Å²) in [5.41, 5.74) is 1.41. The Morgan fingerprint density at radius 3 is 3.06 bits per heavy atom. The lowest BCUT2D eigenvalue weighted by Crippen LogP contribution is -2.44. The Bertz CT molecular complexity index is 367. The first-order valence-corrected chi connectivity index (χ1v) is 7.78. The van der Waals surface area contributed by atoms with Gasteiger partial charge in [-0.1, -0.05) is 41.4 Å². The van der Waals surface area contributed by atoms with Crippen molar-refractivity contribution in [1.29, 1.82) is 0 Å². The predicted octanol–water partition coefficient (Wildman–Crippen LogP) is 3.41. The van der Waals surface area contributed by atoms with E-state index in [-0.39, 0.29) is 0 Å². The highest BCUT2D eigenvalue weighted by Crippen LogP contribution is 2.20.